The van der Waals surface area contributed by atoms with Crippen LogP contribution >= 0.6 is 0 Å². The molecule has 144 valence electrons. The molecule has 0 saturated carbocycles. The van der Waals surface area contributed by atoms with Gasteiger partial charge in [-0.25, -0.2) is 13.6 Å². The monoisotopic (exact) mass is 372 g/mol. The Morgan fingerprint density at radius 3 is 2.15 bits per heavy atom. The molecule has 0 amide bonds. The summed E-state index contributed by atoms with van der Waals surface area (Å²) < 4.78 is 29.5. The van der Waals surface area contributed by atoms with Crippen LogP contribution in [0, 0.1) is 11.6 Å². The Hall–Kier alpha value is -3.01. The van der Waals surface area contributed by atoms with Gasteiger partial charge < -0.3 is 4.74 Å². The lowest BCUT2D eigenvalue weighted by atomic mass is 10.2. The Bertz CT molecular complexity index is 710. The zero-order valence-electron chi connectivity index (χ0n) is 15.7. The fourth-order valence-corrected chi connectivity index (χ4v) is 1.64. The average molecular weight is 372 g/mol. The normalized spacial score (nSPS) is 8.85. The quantitative estimate of drug-likeness (QED) is 0.331. The summed E-state index contributed by atoms with van der Waals surface area (Å²) in [6, 6.07) is 13.3. The standard InChI is InChI=1S/C8H6F2.C8H8.C7H12O2/c1-2-6-5-7(9)3-4-8(6)10;1-2-8-6-4-3-5-7-8;1-3-5-6-9-7(8)4-2/h2-5H,1H2;2-7H,1H2;4H,2-3,5-6H2,1H3. The first-order chi connectivity index (χ1) is 13.0. The molecule has 27 heavy (non-hydrogen) atoms. The van der Waals surface area contributed by atoms with Gasteiger partial charge in [0.15, 0.2) is 0 Å². The van der Waals surface area contributed by atoms with E-state index in [2.05, 4.69) is 24.5 Å². The molecular weight excluding hydrogens is 346 g/mol. The van der Waals surface area contributed by atoms with E-state index in [9.17, 15) is 13.6 Å². The van der Waals surface area contributed by atoms with Crippen molar-refractivity contribution in [3.8, 4) is 0 Å². The number of halogens is 2. The minimum absolute atomic E-state index is 0.194. The molecule has 2 nitrogen and oxygen atoms in total. The molecule has 4 heteroatoms. The maximum Gasteiger partial charge on any atom is 0.330 e. The van der Waals surface area contributed by atoms with Crippen LogP contribution in [0.3, 0.4) is 0 Å². The first kappa shape index (κ1) is 24.0. The first-order valence-corrected chi connectivity index (χ1v) is 8.52. The van der Waals surface area contributed by atoms with Crippen LogP contribution in [0.2, 0.25) is 0 Å². The van der Waals surface area contributed by atoms with Crippen molar-refractivity contribution in [2.24, 2.45) is 0 Å². The minimum atomic E-state index is -0.448. The molecule has 0 saturated heterocycles. The second kappa shape index (κ2) is 15.3. The van der Waals surface area contributed by atoms with Crippen molar-refractivity contribution >= 4 is 18.1 Å². The van der Waals surface area contributed by atoms with E-state index in [4.69, 9.17) is 0 Å². The smallest absolute Gasteiger partial charge is 0.330 e. The Morgan fingerprint density at radius 2 is 1.70 bits per heavy atom. The fraction of sp³-hybridized carbons (Fsp3) is 0.174. The molecule has 0 aliphatic carbocycles. The van der Waals surface area contributed by atoms with E-state index in [1.54, 1.807) is 0 Å². The number of rotatable bonds is 6. The Morgan fingerprint density at radius 1 is 1.04 bits per heavy atom. The van der Waals surface area contributed by atoms with Gasteiger partial charge in [-0.15, -0.1) is 0 Å². The van der Waals surface area contributed by atoms with Crippen molar-refractivity contribution < 1.29 is 18.3 Å². The third-order valence-electron chi connectivity index (χ3n) is 3.12. The number of hydrogen-bond donors (Lipinski definition) is 0. The molecule has 0 radical (unpaired) electrons. The third-order valence-corrected chi connectivity index (χ3v) is 3.12. The predicted molar refractivity (Wildman–Crippen MR) is 109 cm³/mol. The molecule has 0 unspecified atom stereocenters. The van der Waals surface area contributed by atoms with Crippen molar-refractivity contribution in [1.82, 2.24) is 0 Å². The number of unbranched alkanes of at least 4 members (excludes halogenated alkanes) is 1. The van der Waals surface area contributed by atoms with Crippen LogP contribution in [-0.4, -0.2) is 12.6 Å². The second-order valence-corrected chi connectivity index (χ2v) is 5.21. The molecule has 0 aliphatic heterocycles. The summed E-state index contributed by atoms with van der Waals surface area (Å²) in [6.45, 7) is 12.8. The number of hydrogen-bond acceptors (Lipinski definition) is 2. The summed E-state index contributed by atoms with van der Waals surface area (Å²) in [7, 11) is 0. The summed E-state index contributed by atoms with van der Waals surface area (Å²) in [5.74, 6) is -1.23. The number of carbonyl (C=O) groups excluding carboxylic acids is 1. The van der Waals surface area contributed by atoms with Crippen molar-refractivity contribution in [3.63, 3.8) is 0 Å². The molecule has 0 bridgehead atoms. The summed E-state index contributed by atoms with van der Waals surface area (Å²) in [4.78, 5) is 10.3. The van der Waals surface area contributed by atoms with Crippen LogP contribution in [0.25, 0.3) is 12.2 Å². The van der Waals surface area contributed by atoms with Gasteiger partial charge in [0.1, 0.15) is 11.6 Å². The number of esters is 1. The molecule has 0 fully saturated rings. The second-order valence-electron chi connectivity index (χ2n) is 5.21. The van der Waals surface area contributed by atoms with Crippen LogP contribution in [0.5, 0.6) is 0 Å². The number of ether oxygens (including phenoxy) is 1. The fourth-order valence-electron chi connectivity index (χ4n) is 1.64. The maximum absolute atomic E-state index is 12.5. The predicted octanol–water partition coefficient (Wildman–Crippen LogP) is 6.45. The SMILES string of the molecule is C=CC(=O)OCCCC.C=Cc1cc(F)ccc1F.C=Cc1ccccc1. The highest BCUT2D eigenvalue weighted by molar-refractivity contribution is 5.81. The molecular formula is C23H26F2O2. The highest BCUT2D eigenvalue weighted by Crippen LogP contribution is 2.09. The molecule has 2 rings (SSSR count). The molecule has 0 aliphatic rings. The summed E-state index contributed by atoms with van der Waals surface area (Å²) in [6.07, 6.45) is 6.26. The highest BCUT2D eigenvalue weighted by Gasteiger charge is 1.97. The van der Waals surface area contributed by atoms with E-state index in [-0.39, 0.29) is 11.5 Å². The van der Waals surface area contributed by atoms with Crippen LogP contribution < -0.4 is 0 Å². The first-order valence-electron chi connectivity index (χ1n) is 8.52. The van der Waals surface area contributed by atoms with Crippen LogP contribution in [-0.2, 0) is 9.53 Å². The van der Waals surface area contributed by atoms with Crippen LogP contribution in [0.15, 0.2) is 74.3 Å². The van der Waals surface area contributed by atoms with E-state index >= 15 is 0 Å². The Kier molecular flexibility index (Phi) is 13.6. The van der Waals surface area contributed by atoms with E-state index in [1.165, 1.54) is 17.7 Å². The molecule has 2 aromatic rings. The summed E-state index contributed by atoms with van der Waals surface area (Å²) in [5.41, 5.74) is 1.37. The molecule has 0 heterocycles. The molecule has 2 aromatic carbocycles. The van der Waals surface area contributed by atoms with Gasteiger partial charge in [-0.2, -0.15) is 0 Å². The zero-order chi connectivity index (χ0) is 20.5. The van der Waals surface area contributed by atoms with E-state index < -0.39 is 11.6 Å². The van der Waals surface area contributed by atoms with Gasteiger partial charge in [0.2, 0.25) is 0 Å². The summed E-state index contributed by atoms with van der Waals surface area (Å²) >= 11 is 0. The van der Waals surface area contributed by atoms with Gasteiger partial charge in [0, 0.05) is 11.6 Å². The van der Waals surface area contributed by atoms with E-state index in [0.29, 0.717) is 6.61 Å². The van der Waals surface area contributed by atoms with Crippen molar-refractivity contribution in [1.29, 1.82) is 0 Å². The van der Waals surface area contributed by atoms with E-state index in [1.807, 2.05) is 43.3 Å². The van der Waals surface area contributed by atoms with Gasteiger partial charge in [-0.1, -0.05) is 75.6 Å². The van der Waals surface area contributed by atoms with Crippen molar-refractivity contribution in [3.05, 3.63) is 97.1 Å². The van der Waals surface area contributed by atoms with Gasteiger partial charge in [0.05, 0.1) is 6.61 Å². The Labute approximate surface area is 160 Å². The van der Waals surface area contributed by atoms with Gasteiger partial charge in [0.25, 0.3) is 0 Å². The van der Waals surface area contributed by atoms with Gasteiger partial charge >= 0.3 is 5.97 Å². The third kappa shape index (κ3) is 12.1. The molecule has 0 aromatic heterocycles. The lowest BCUT2D eigenvalue weighted by Gasteiger charge is -1.97. The van der Waals surface area contributed by atoms with Crippen LogP contribution in [0.4, 0.5) is 8.78 Å². The molecule has 0 N–H and O–H groups in total. The number of carbonyl (C=O) groups is 1. The largest absolute Gasteiger partial charge is 0.463 e. The lowest BCUT2D eigenvalue weighted by molar-refractivity contribution is -0.137. The van der Waals surface area contributed by atoms with Gasteiger partial charge in [-0.3, -0.25) is 0 Å². The zero-order valence-corrected chi connectivity index (χ0v) is 15.7. The van der Waals surface area contributed by atoms with Gasteiger partial charge in [-0.05, 0) is 30.2 Å². The van der Waals surface area contributed by atoms with Crippen molar-refractivity contribution in [2.75, 3.05) is 6.61 Å². The number of benzene rings is 2. The average Bonchev–Trinajstić information content (AvgIpc) is 2.71. The van der Waals surface area contributed by atoms with Crippen molar-refractivity contribution in [2.45, 2.75) is 19.8 Å². The Balaban J connectivity index is 0.000000378. The topological polar surface area (TPSA) is 26.3 Å². The maximum atomic E-state index is 12.5. The van der Waals surface area contributed by atoms with E-state index in [0.717, 1.165) is 31.0 Å². The molecule has 0 atom stereocenters. The summed E-state index contributed by atoms with van der Waals surface area (Å²) in [5, 5.41) is 0. The van der Waals surface area contributed by atoms with Crippen LogP contribution in [0.1, 0.15) is 30.9 Å². The lowest BCUT2D eigenvalue weighted by Crippen LogP contribution is -2.00. The molecule has 0 spiro atoms. The minimum Gasteiger partial charge on any atom is -0.463 e. The highest BCUT2D eigenvalue weighted by atomic mass is 19.1.